The van der Waals surface area contributed by atoms with Crippen molar-refractivity contribution >= 4 is 17.5 Å². The van der Waals surface area contributed by atoms with Crippen LogP contribution in [0.2, 0.25) is 0 Å². The number of carbonyl (C=O) groups excluding carboxylic acids is 2. The molecule has 0 radical (unpaired) electrons. The molecule has 2 heterocycles. The third kappa shape index (κ3) is 3.94. The molecule has 0 bridgehead atoms. The Kier molecular flexibility index (Phi) is 5.16. The van der Waals surface area contributed by atoms with Gasteiger partial charge in [-0.15, -0.1) is 0 Å². The molecule has 6 nitrogen and oxygen atoms in total. The highest BCUT2D eigenvalue weighted by Crippen LogP contribution is 2.19. The van der Waals surface area contributed by atoms with Gasteiger partial charge in [0.15, 0.2) is 0 Å². The summed E-state index contributed by atoms with van der Waals surface area (Å²) in [4.78, 5) is 26.7. The zero-order valence-electron chi connectivity index (χ0n) is 14.2. The maximum Gasteiger partial charge on any atom is 0.254 e. The van der Waals surface area contributed by atoms with E-state index in [1.54, 1.807) is 29.2 Å². The molecule has 130 valence electrons. The van der Waals surface area contributed by atoms with Crippen molar-refractivity contribution in [3.8, 4) is 0 Å². The lowest BCUT2D eigenvalue weighted by atomic mass is 10.1. The largest absolute Gasteiger partial charge is 0.372 e. The van der Waals surface area contributed by atoms with Crippen molar-refractivity contribution in [1.82, 2.24) is 4.90 Å². The Morgan fingerprint density at radius 2 is 1.96 bits per heavy atom. The summed E-state index contributed by atoms with van der Waals surface area (Å²) in [6.45, 7) is 5.72. The van der Waals surface area contributed by atoms with Gasteiger partial charge in [-0.3, -0.25) is 9.59 Å². The van der Waals surface area contributed by atoms with Crippen LogP contribution in [0.3, 0.4) is 0 Å². The Morgan fingerprint density at radius 3 is 2.62 bits per heavy atom. The van der Waals surface area contributed by atoms with Crippen LogP contribution in [-0.4, -0.2) is 54.7 Å². The molecular weight excluding hydrogens is 308 g/mol. The van der Waals surface area contributed by atoms with Crippen molar-refractivity contribution in [2.45, 2.75) is 45.0 Å². The molecule has 2 fully saturated rings. The van der Waals surface area contributed by atoms with Crippen molar-refractivity contribution in [3.05, 3.63) is 29.8 Å². The third-order valence-corrected chi connectivity index (χ3v) is 4.31. The molecule has 1 aromatic carbocycles. The summed E-state index contributed by atoms with van der Waals surface area (Å²) >= 11 is 0. The fraction of sp³-hybridized carbons (Fsp3) is 0.556. The van der Waals surface area contributed by atoms with Crippen LogP contribution >= 0.6 is 0 Å². The van der Waals surface area contributed by atoms with Gasteiger partial charge in [-0.1, -0.05) is 6.07 Å². The molecular formula is C18H24N2O4. The average Bonchev–Trinajstić information content (AvgIpc) is 3.08. The van der Waals surface area contributed by atoms with E-state index in [4.69, 9.17) is 9.47 Å². The van der Waals surface area contributed by atoms with E-state index in [2.05, 4.69) is 5.32 Å². The zero-order valence-corrected chi connectivity index (χ0v) is 14.2. The van der Waals surface area contributed by atoms with Gasteiger partial charge in [-0.25, -0.2) is 0 Å². The van der Waals surface area contributed by atoms with Crippen molar-refractivity contribution in [1.29, 1.82) is 0 Å². The van der Waals surface area contributed by atoms with Crippen molar-refractivity contribution in [2.24, 2.45) is 0 Å². The Bertz CT molecular complexity index is 603. The molecule has 0 aliphatic carbocycles. The van der Waals surface area contributed by atoms with Gasteiger partial charge >= 0.3 is 0 Å². The Morgan fingerprint density at radius 1 is 1.21 bits per heavy atom. The van der Waals surface area contributed by atoms with Crippen LogP contribution in [0.1, 0.15) is 37.0 Å². The van der Waals surface area contributed by atoms with Gasteiger partial charge in [0.2, 0.25) is 0 Å². The molecule has 2 amide bonds. The second-order valence-corrected chi connectivity index (χ2v) is 6.54. The number of rotatable bonds is 3. The van der Waals surface area contributed by atoms with Crippen LogP contribution in [0.5, 0.6) is 0 Å². The first-order chi connectivity index (χ1) is 11.5. The van der Waals surface area contributed by atoms with E-state index in [0.29, 0.717) is 30.9 Å². The van der Waals surface area contributed by atoms with Gasteiger partial charge in [0.05, 0.1) is 12.2 Å². The predicted molar refractivity (Wildman–Crippen MR) is 90.0 cm³/mol. The Hall–Kier alpha value is -1.92. The van der Waals surface area contributed by atoms with Gasteiger partial charge < -0.3 is 19.7 Å². The first-order valence-electron chi connectivity index (χ1n) is 8.50. The lowest BCUT2D eigenvalue weighted by molar-refractivity contribution is -0.124. The lowest BCUT2D eigenvalue weighted by Crippen LogP contribution is -2.48. The van der Waals surface area contributed by atoms with E-state index in [1.807, 2.05) is 13.8 Å². The van der Waals surface area contributed by atoms with Gasteiger partial charge in [-0.2, -0.15) is 0 Å². The minimum Gasteiger partial charge on any atom is -0.372 e. The highest BCUT2D eigenvalue weighted by Gasteiger charge is 2.27. The molecule has 3 rings (SSSR count). The van der Waals surface area contributed by atoms with Crippen molar-refractivity contribution in [2.75, 3.05) is 25.0 Å². The minimum atomic E-state index is -0.384. The van der Waals surface area contributed by atoms with E-state index in [-0.39, 0.29) is 30.1 Å². The van der Waals surface area contributed by atoms with Crippen LogP contribution < -0.4 is 5.32 Å². The monoisotopic (exact) mass is 332 g/mol. The number of ether oxygens (including phenoxy) is 2. The molecule has 0 saturated carbocycles. The molecule has 3 atom stereocenters. The van der Waals surface area contributed by atoms with Gasteiger partial charge in [0.1, 0.15) is 6.10 Å². The fourth-order valence-electron chi connectivity index (χ4n) is 3.26. The van der Waals surface area contributed by atoms with Crippen LogP contribution in [-0.2, 0) is 14.3 Å². The average molecular weight is 332 g/mol. The number of hydrogen-bond donors (Lipinski definition) is 1. The van der Waals surface area contributed by atoms with Crippen LogP contribution in [0, 0.1) is 0 Å². The number of nitrogens with zero attached hydrogens (tertiary/aromatic N) is 1. The zero-order chi connectivity index (χ0) is 17.1. The SMILES string of the molecule is C[C@@H]1CN(C(=O)c2cccc(NC(=O)[C@H]3CCCO3)c2)C[C@@H](C)O1. The summed E-state index contributed by atoms with van der Waals surface area (Å²) in [6, 6.07) is 7.06. The standard InChI is InChI=1S/C18H24N2O4/c1-12-10-20(11-13(2)24-12)18(22)14-5-3-6-15(9-14)19-17(21)16-7-4-8-23-16/h3,5-6,9,12-13,16H,4,7-8,10-11H2,1-2H3,(H,19,21)/t12-,13-,16-/m1/s1. The Balaban J connectivity index is 1.68. The normalized spacial score (nSPS) is 27.1. The first kappa shape index (κ1) is 16.9. The van der Waals surface area contributed by atoms with Gasteiger partial charge in [-0.05, 0) is 44.9 Å². The van der Waals surface area contributed by atoms with Crippen molar-refractivity contribution in [3.63, 3.8) is 0 Å². The number of nitrogens with one attached hydrogen (secondary N) is 1. The molecule has 2 aliphatic heterocycles. The molecule has 6 heteroatoms. The Labute approximate surface area is 142 Å². The van der Waals surface area contributed by atoms with E-state index in [0.717, 1.165) is 12.8 Å². The second kappa shape index (κ2) is 7.32. The molecule has 0 aromatic heterocycles. The van der Waals surface area contributed by atoms with Crippen LogP contribution in [0.4, 0.5) is 5.69 Å². The highest BCUT2D eigenvalue weighted by atomic mass is 16.5. The van der Waals surface area contributed by atoms with E-state index >= 15 is 0 Å². The van der Waals surface area contributed by atoms with Gasteiger partial charge in [0, 0.05) is 30.9 Å². The smallest absolute Gasteiger partial charge is 0.254 e. The highest BCUT2D eigenvalue weighted by molar-refractivity contribution is 5.98. The number of morpholine rings is 1. The number of anilines is 1. The second-order valence-electron chi connectivity index (χ2n) is 6.54. The summed E-state index contributed by atoms with van der Waals surface area (Å²) in [7, 11) is 0. The summed E-state index contributed by atoms with van der Waals surface area (Å²) < 4.78 is 11.1. The van der Waals surface area contributed by atoms with Crippen LogP contribution in [0.15, 0.2) is 24.3 Å². The summed E-state index contributed by atoms with van der Waals surface area (Å²) in [5.41, 5.74) is 1.19. The number of carbonyl (C=O) groups is 2. The maximum atomic E-state index is 12.7. The molecule has 2 saturated heterocycles. The third-order valence-electron chi connectivity index (χ3n) is 4.31. The van der Waals surface area contributed by atoms with Gasteiger partial charge in [0.25, 0.3) is 11.8 Å². The topological polar surface area (TPSA) is 67.9 Å². The quantitative estimate of drug-likeness (QED) is 0.920. The first-order valence-corrected chi connectivity index (χ1v) is 8.50. The van der Waals surface area contributed by atoms with Crippen LogP contribution in [0.25, 0.3) is 0 Å². The maximum absolute atomic E-state index is 12.7. The molecule has 2 aliphatic rings. The lowest BCUT2D eigenvalue weighted by Gasteiger charge is -2.35. The van der Waals surface area contributed by atoms with E-state index < -0.39 is 0 Å². The number of amides is 2. The summed E-state index contributed by atoms with van der Waals surface area (Å²) in [6.07, 6.45) is 1.32. The number of hydrogen-bond acceptors (Lipinski definition) is 4. The summed E-state index contributed by atoms with van der Waals surface area (Å²) in [5.74, 6) is -0.184. The number of benzene rings is 1. The van der Waals surface area contributed by atoms with E-state index in [9.17, 15) is 9.59 Å². The fourth-order valence-corrected chi connectivity index (χ4v) is 3.26. The minimum absolute atomic E-state index is 0.0279. The molecule has 24 heavy (non-hydrogen) atoms. The molecule has 0 spiro atoms. The van der Waals surface area contributed by atoms with E-state index in [1.165, 1.54) is 0 Å². The molecule has 0 unspecified atom stereocenters. The predicted octanol–water partition coefficient (Wildman–Crippen LogP) is 2.05. The summed E-state index contributed by atoms with van der Waals surface area (Å²) in [5, 5.41) is 2.84. The molecule has 1 aromatic rings. The van der Waals surface area contributed by atoms with Crippen molar-refractivity contribution < 1.29 is 19.1 Å². The molecule has 1 N–H and O–H groups in total.